The molecule has 0 spiro atoms. The minimum atomic E-state index is -0.385. The van der Waals surface area contributed by atoms with E-state index in [1.807, 2.05) is 12.3 Å². The van der Waals surface area contributed by atoms with E-state index in [0.29, 0.717) is 25.3 Å². The highest BCUT2D eigenvalue weighted by Gasteiger charge is 2.27. The zero-order valence-corrected chi connectivity index (χ0v) is 10.00. The van der Waals surface area contributed by atoms with Gasteiger partial charge in [-0.25, -0.2) is 0 Å². The highest BCUT2D eigenvalue weighted by molar-refractivity contribution is 7.97. The maximum absolute atomic E-state index is 11.9. The molecule has 4 nitrogen and oxygen atoms in total. The van der Waals surface area contributed by atoms with E-state index < -0.39 is 0 Å². The van der Waals surface area contributed by atoms with E-state index in [1.165, 1.54) is 0 Å². The van der Waals surface area contributed by atoms with Crippen molar-refractivity contribution in [2.45, 2.75) is 18.3 Å². The van der Waals surface area contributed by atoms with Gasteiger partial charge in [-0.3, -0.25) is 4.79 Å². The summed E-state index contributed by atoms with van der Waals surface area (Å²) in [6.07, 6.45) is 2.26. The highest BCUT2D eigenvalue weighted by atomic mass is 32.2. The number of carbonyl (C=O) groups excluding carboxylic acids is 1. The van der Waals surface area contributed by atoms with Gasteiger partial charge in [-0.05, 0) is 24.8 Å². The Morgan fingerprint density at radius 1 is 1.69 bits per heavy atom. The van der Waals surface area contributed by atoms with Crippen LogP contribution in [-0.2, 0) is 5.75 Å². The van der Waals surface area contributed by atoms with Crippen LogP contribution in [0, 0.1) is 0 Å². The lowest BCUT2D eigenvalue weighted by molar-refractivity contribution is 0.0732. The molecule has 0 bridgehead atoms. The molecule has 1 saturated heterocycles. The monoisotopic (exact) mass is 241 g/mol. The molecular formula is C11H15NO3S. The molecule has 88 valence electrons. The molecule has 0 aliphatic carbocycles. The Kier molecular flexibility index (Phi) is 3.56. The van der Waals surface area contributed by atoms with Crippen molar-refractivity contribution in [3.05, 3.63) is 23.7 Å². The van der Waals surface area contributed by atoms with Gasteiger partial charge < -0.3 is 14.4 Å². The van der Waals surface area contributed by atoms with Crippen LogP contribution in [0.5, 0.6) is 0 Å². The Bertz CT molecular complexity index is 377. The molecule has 1 aromatic rings. The molecule has 1 N–H and O–H groups in total. The van der Waals surface area contributed by atoms with Crippen LogP contribution in [0.25, 0.3) is 0 Å². The van der Waals surface area contributed by atoms with E-state index in [4.69, 9.17) is 4.42 Å². The lowest BCUT2D eigenvalue weighted by Crippen LogP contribution is -2.29. The summed E-state index contributed by atoms with van der Waals surface area (Å²) >= 11 is 1.65. The Balaban J connectivity index is 2.03. The first-order valence-corrected chi connectivity index (χ1v) is 6.65. The van der Waals surface area contributed by atoms with E-state index in [2.05, 4.69) is 0 Å². The Labute approximate surface area is 98.6 Å². The fraction of sp³-hybridized carbons (Fsp3) is 0.545. The molecule has 0 radical (unpaired) electrons. The number of carbonyl (C=O) groups is 1. The Morgan fingerprint density at radius 3 is 3.12 bits per heavy atom. The zero-order valence-electron chi connectivity index (χ0n) is 9.18. The molecule has 0 saturated carbocycles. The fourth-order valence-corrected chi connectivity index (χ4v) is 2.23. The predicted octanol–water partition coefficient (Wildman–Crippen LogP) is 1.35. The van der Waals surface area contributed by atoms with E-state index in [-0.39, 0.29) is 12.0 Å². The molecule has 1 amide bonds. The summed E-state index contributed by atoms with van der Waals surface area (Å²) in [5, 5.41) is 9.36. The number of amides is 1. The predicted molar refractivity (Wildman–Crippen MR) is 62.5 cm³/mol. The number of β-amino-alcohol motifs (C(OH)–C–C–N with tert-alkyl or cyclic N) is 1. The van der Waals surface area contributed by atoms with E-state index in [9.17, 15) is 9.90 Å². The van der Waals surface area contributed by atoms with Crippen molar-refractivity contribution in [2.24, 2.45) is 0 Å². The molecule has 1 aromatic heterocycles. The number of furan rings is 1. The summed E-state index contributed by atoms with van der Waals surface area (Å²) in [4.78, 5) is 13.6. The standard InChI is InChI=1S/C11H15NO3S/c1-16-7-9-2-3-10(15-9)11(14)12-5-4-8(13)6-12/h2-3,8,13H,4-7H2,1H3. The summed E-state index contributed by atoms with van der Waals surface area (Å²) in [5.41, 5.74) is 0. The molecule has 1 unspecified atom stereocenters. The molecule has 5 heteroatoms. The Morgan fingerprint density at radius 2 is 2.50 bits per heavy atom. The van der Waals surface area contributed by atoms with Crippen molar-refractivity contribution < 1.29 is 14.3 Å². The molecule has 0 aromatic carbocycles. The van der Waals surface area contributed by atoms with Crippen LogP contribution in [0.1, 0.15) is 22.7 Å². The molecule has 2 rings (SSSR count). The van der Waals surface area contributed by atoms with Crippen molar-refractivity contribution in [3.63, 3.8) is 0 Å². The van der Waals surface area contributed by atoms with E-state index in [0.717, 1.165) is 11.5 Å². The second-order valence-electron chi connectivity index (χ2n) is 3.89. The fourth-order valence-electron chi connectivity index (χ4n) is 1.79. The lowest BCUT2D eigenvalue weighted by Gasteiger charge is -2.13. The van der Waals surface area contributed by atoms with Gasteiger partial charge in [0.25, 0.3) is 5.91 Å². The second-order valence-corrected chi connectivity index (χ2v) is 4.76. The number of hydrogen-bond donors (Lipinski definition) is 1. The third-order valence-electron chi connectivity index (χ3n) is 2.61. The molecule has 1 aliphatic heterocycles. The minimum Gasteiger partial charge on any atom is -0.455 e. The number of nitrogens with zero attached hydrogens (tertiary/aromatic N) is 1. The topological polar surface area (TPSA) is 53.7 Å². The first-order chi connectivity index (χ1) is 7.70. The van der Waals surface area contributed by atoms with Crippen molar-refractivity contribution in [1.82, 2.24) is 4.90 Å². The number of aliphatic hydroxyl groups excluding tert-OH is 1. The summed E-state index contributed by atoms with van der Waals surface area (Å²) in [6.45, 7) is 1.02. The summed E-state index contributed by atoms with van der Waals surface area (Å²) in [6, 6.07) is 3.54. The van der Waals surface area contributed by atoms with Crippen LogP contribution in [0.3, 0.4) is 0 Å². The lowest BCUT2D eigenvalue weighted by atomic mass is 10.3. The summed E-state index contributed by atoms with van der Waals surface area (Å²) < 4.78 is 5.44. The second kappa shape index (κ2) is 4.93. The SMILES string of the molecule is CSCc1ccc(C(=O)N2CCC(O)C2)o1. The van der Waals surface area contributed by atoms with Gasteiger partial charge in [0, 0.05) is 13.1 Å². The maximum Gasteiger partial charge on any atom is 0.289 e. The van der Waals surface area contributed by atoms with Crippen LogP contribution in [0.2, 0.25) is 0 Å². The third-order valence-corrected chi connectivity index (χ3v) is 3.18. The van der Waals surface area contributed by atoms with Gasteiger partial charge in [0.1, 0.15) is 5.76 Å². The van der Waals surface area contributed by atoms with Crippen LogP contribution in [-0.4, -0.2) is 41.4 Å². The van der Waals surface area contributed by atoms with Gasteiger partial charge >= 0.3 is 0 Å². The maximum atomic E-state index is 11.9. The summed E-state index contributed by atoms with van der Waals surface area (Å²) in [5.74, 6) is 1.84. The summed E-state index contributed by atoms with van der Waals surface area (Å²) in [7, 11) is 0. The number of likely N-dealkylation sites (tertiary alicyclic amines) is 1. The van der Waals surface area contributed by atoms with Gasteiger partial charge in [-0.2, -0.15) is 11.8 Å². The number of thioether (sulfide) groups is 1. The van der Waals surface area contributed by atoms with Crippen LogP contribution >= 0.6 is 11.8 Å². The Hall–Kier alpha value is -0.940. The molecular weight excluding hydrogens is 226 g/mol. The molecule has 1 aliphatic rings. The molecule has 16 heavy (non-hydrogen) atoms. The quantitative estimate of drug-likeness (QED) is 0.868. The molecule has 1 atom stereocenters. The van der Waals surface area contributed by atoms with Gasteiger partial charge in [-0.1, -0.05) is 0 Å². The van der Waals surface area contributed by atoms with Gasteiger partial charge in [0.2, 0.25) is 0 Å². The van der Waals surface area contributed by atoms with Crippen LogP contribution in [0.4, 0.5) is 0 Å². The van der Waals surface area contributed by atoms with Crippen molar-refractivity contribution >= 4 is 17.7 Å². The average molecular weight is 241 g/mol. The minimum absolute atomic E-state index is 0.121. The van der Waals surface area contributed by atoms with E-state index in [1.54, 1.807) is 22.7 Å². The van der Waals surface area contributed by atoms with Crippen molar-refractivity contribution in [3.8, 4) is 0 Å². The van der Waals surface area contributed by atoms with Crippen molar-refractivity contribution in [2.75, 3.05) is 19.3 Å². The zero-order chi connectivity index (χ0) is 11.5. The van der Waals surface area contributed by atoms with Crippen LogP contribution < -0.4 is 0 Å². The highest BCUT2D eigenvalue weighted by Crippen LogP contribution is 2.17. The van der Waals surface area contributed by atoms with Gasteiger partial charge in [-0.15, -0.1) is 0 Å². The van der Waals surface area contributed by atoms with Crippen molar-refractivity contribution in [1.29, 1.82) is 0 Å². The first-order valence-electron chi connectivity index (χ1n) is 5.25. The first kappa shape index (κ1) is 11.5. The molecule has 1 fully saturated rings. The number of hydrogen-bond acceptors (Lipinski definition) is 4. The number of aliphatic hydroxyl groups is 1. The van der Waals surface area contributed by atoms with E-state index >= 15 is 0 Å². The van der Waals surface area contributed by atoms with Gasteiger partial charge in [0.05, 0.1) is 11.9 Å². The average Bonchev–Trinajstić information content (AvgIpc) is 2.87. The molecule has 2 heterocycles. The largest absolute Gasteiger partial charge is 0.455 e. The normalized spacial score (nSPS) is 20.4. The van der Waals surface area contributed by atoms with Gasteiger partial charge in [0.15, 0.2) is 5.76 Å². The van der Waals surface area contributed by atoms with Crippen LogP contribution in [0.15, 0.2) is 16.5 Å². The smallest absolute Gasteiger partial charge is 0.289 e. The number of rotatable bonds is 3. The third kappa shape index (κ3) is 2.41.